The molecule has 1 fully saturated rings. The molecule has 1 saturated heterocycles. The molecule has 2 atom stereocenters. The second-order valence-corrected chi connectivity index (χ2v) is 5.78. The fourth-order valence-electron chi connectivity index (χ4n) is 1.98. The Kier molecular flexibility index (Phi) is 6.35. The van der Waals surface area contributed by atoms with Crippen LogP contribution in [0.5, 0.6) is 0 Å². The zero-order valence-corrected chi connectivity index (χ0v) is 12.5. The average molecular weight is 270 g/mol. The third kappa shape index (κ3) is 6.62. The van der Waals surface area contributed by atoms with Crippen molar-refractivity contribution in [2.75, 3.05) is 6.61 Å². The smallest absolute Gasteiger partial charge is 0.429 e. The number of carbonyl (C=O) groups excluding carboxylic acids is 1. The van der Waals surface area contributed by atoms with Crippen molar-refractivity contribution >= 4 is 6.16 Å². The summed E-state index contributed by atoms with van der Waals surface area (Å²) < 4.78 is 16.1. The van der Waals surface area contributed by atoms with Gasteiger partial charge in [0.05, 0.1) is 12.7 Å². The van der Waals surface area contributed by atoms with Gasteiger partial charge in [-0.2, -0.15) is 0 Å². The summed E-state index contributed by atoms with van der Waals surface area (Å²) in [6.07, 6.45) is 7.13. The zero-order valence-electron chi connectivity index (χ0n) is 12.5. The molecule has 4 nitrogen and oxygen atoms in total. The molecule has 0 radical (unpaired) electrons. The van der Waals surface area contributed by atoms with Gasteiger partial charge in [0.25, 0.3) is 0 Å². The summed E-state index contributed by atoms with van der Waals surface area (Å²) in [6, 6.07) is 0. The van der Waals surface area contributed by atoms with Gasteiger partial charge in [0.15, 0.2) is 0 Å². The lowest BCUT2D eigenvalue weighted by molar-refractivity contribution is -0.0452. The normalized spacial score (nSPS) is 23.8. The average Bonchev–Trinajstić information content (AvgIpc) is 2.69. The van der Waals surface area contributed by atoms with Gasteiger partial charge in [0.2, 0.25) is 0 Å². The molecule has 0 spiro atoms. The second-order valence-electron chi connectivity index (χ2n) is 5.78. The first-order chi connectivity index (χ1) is 8.92. The number of allylic oxidation sites excluding steroid dienone is 2. The van der Waals surface area contributed by atoms with Gasteiger partial charge in [-0.3, -0.25) is 0 Å². The largest absolute Gasteiger partial charge is 0.509 e. The molecule has 0 aromatic heterocycles. The van der Waals surface area contributed by atoms with E-state index in [9.17, 15) is 4.79 Å². The number of carbonyl (C=O) groups is 1. The first-order valence-electron chi connectivity index (χ1n) is 7.08. The van der Waals surface area contributed by atoms with E-state index in [1.807, 2.05) is 20.8 Å². The van der Waals surface area contributed by atoms with E-state index in [0.717, 1.165) is 25.7 Å². The first-order valence-corrected chi connectivity index (χ1v) is 7.08. The molecule has 1 rings (SSSR count). The Labute approximate surface area is 116 Å². The van der Waals surface area contributed by atoms with Crippen molar-refractivity contribution in [2.45, 2.75) is 71.2 Å². The van der Waals surface area contributed by atoms with E-state index in [2.05, 4.69) is 19.1 Å². The maximum absolute atomic E-state index is 11.6. The van der Waals surface area contributed by atoms with Crippen molar-refractivity contribution in [3.05, 3.63) is 12.2 Å². The van der Waals surface area contributed by atoms with Crippen LogP contribution < -0.4 is 0 Å². The predicted octanol–water partition coefficient (Wildman–Crippen LogP) is 3.84. The van der Waals surface area contributed by atoms with E-state index < -0.39 is 11.8 Å². The summed E-state index contributed by atoms with van der Waals surface area (Å²) in [7, 11) is 0. The van der Waals surface area contributed by atoms with Gasteiger partial charge in [-0.05, 0) is 40.0 Å². The molecule has 1 aliphatic heterocycles. The molecule has 2 unspecified atom stereocenters. The molecule has 1 heterocycles. The van der Waals surface area contributed by atoms with Gasteiger partial charge in [-0.25, -0.2) is 4.79 Å². The minimum Gasteiger partial charge on any atom is -0.429 e. The van der Waals surface area contributed by atoms with Crippen LogP contribution >= 0.6 is 0 Å². The third-order valence-electron chi connectivity index (χ3n) is 2.81. The molecule has 0 aromatic rings. The van der Waals surface area contributed by atoms with Gasteiger partial charge in [0, 0.05) is 6.42 Å². The van der Waals surface area contributed by atoms with Crippen molar-refractivity contribution < 1.29 is 19.0 Å². The highest BCUT2D eigenvalue weighted by Crippen LogP contribution is 2.22. The van der Waals surface area contributed by atoms with E-state index in [1.54, 1.807) is 0 Å². The van der Waals surface area contributed by atoms with Crippen LogP contribution in [0.15, 0.2) is 12.2 Å². The first kappa shape index (κ1) is 16.0. The molecular formula is C15H26O4. The van der Waals surface area contributed by atoms with E-state index in [4.69, 9.17) is 14.2 Å². The number of hydrogen-bond donors (Lipinski definition) is 0. The van der Waals surface area contributed by atoms with Crippen molar-refractivity contribution in [1.82, 2.24) is 0 Å². The zero-order chi connectivity index (χ0) is 14.3. The molecule has 0 amide bonds. The lowest BCUT2D eigenvalue weighted by Crippen LogP contribution is -2.31. The minimum atomic E-state index is -0.600. The predicted molar refractivity (Wildman–Crippen MR) is 74.1 cm³/mol. The van der Waals surface area contributed by atoms with Crippen molar-refractivity contribution in [2.24, 2.45) is 0 Å². The second kappa shape index (κ2) is 7.53. The summed E-state index contributed by atoms with van der Waals surface area (Å²) >= 11 is 0. The summed E-state index contributed by atoms with van der Waals surface area (Å²) in [4.78, 5) is 11.6. The Morgan fingerprint density at radius 1 is 1.37 bits per heavy atom. The molecular weight excluding hydrogens is 244 g/mol. The highest BCUT2D eigenvalue weighted by Gasteiger charge is 2.32. The Morgan fingerprint density at radius 3 is 2.74 bits per heavy atom. The molecule has 0 aliphatic carbocycles. The summed E-state index contributed by atoms with van der Waals surface area (Å²) in [6.45, 7) is 8.23. The molecule has 0 saturated carbocycles. The summed E-state index contributed by atoms with van der Waals surface area (Å²) in [5.41, 5.74) is -0.518. The highest BCUT2D eigenvalue weighted by atomic mass is 16.7. The van der Waals surface area contributed by atoms with Crippen LogP contribution in [-0.2, 0) is 14.2 Å². The quantitative estimate of drug-likeness (QED) is 0.562. The Balaban J connectivity index is 2.35. The summed E-state index contributed by atoms with van der Waals surface area (Å²) in [5, 5.41) is 0. The molecule has 0 N–H and O–H groups in total. The lowest BCUT2D eigenvalue weighted by atomic mass is 10.1. The van der Waals surface area contributed by atoms with Crippen LogP contribution in [0.3, 0.4) is 0 Å². The van der Waals surface area contributed by atoms with E-state index in [0.29, 0.717) is 6.61 Å². The van der Waals surface area contributed by atoms with Gasteiger partial charge in [-0.1, -0.05) is 19.1 Å². The van der Waals surface area contributed by atoms with Crippen LogP contribution in [0.25, 0.3) is 0 Å². The van der Waals surface area contributed by atoms with Gasteiger partial charge in [0.1, 0.15) is 11.7 Å². The van der Waals surface area contributed by atoms with Crippen LogP contribution in [0.2, 0.25) is 0 Å². The van der Waals surface area contributed by atoms with Gasteiger partial charge in [-0.15, -0.1) is 0 Å². The summed E-state index contributed by atoms with van der Waals surface area (Å²) in [5.74, 6) is 0. The maximum Gasteiger partial charge on any atom is 0.509 e. The van der Waals surface area contributed by atoms with E-state index in [-0.39, 0.29) is 12.2 Å². The fraction of sp³-hybridized carbons (Fsp3) is 0.800. The number of hydrogen-bond acceptors (Lipinski definition) is 4. The molecule has 0 bridgehead atoms. The molecule has 4 heteroatoms. The topological polar surface area (TPSA) is 44.8 Å². The van der Waals surface area contributed by atoms with Crippen molar-refractivity contribution in [1.29, 1.82) is 0 Å². The Hall–Kier alpha value is -1.03. The van der Waals surface area contributed by atoms with Crippen molar-refractivity contribution in [3.8, 4) is 0 Å². The Bertz CT molecular complexity index is 304. The van der Waals surface area contributed by atoms with E-state index in [1.165, 1.54) is 0 Å². The van der Waals surface area contributed by atoms with Gasteiger partial charge < -0.3 is 14.2 Å². The van der Waals surface area contributed by atoms with E-state index >= 15 is 0 Å². The monoisotopic (exact) mass is 270 g/mol. The third-order valence-corrected chi connectivity index (χ3v) is 2.81. The van der Waals surface area contributed by atoms with Crippen molar-refractivity contribution in [3.63, 3.8) is 0 Å². The van der Waals surface area contributed by atoms with Crippen LogP contribution in [-0.4, -0.2) is 30.6 Å². The maximum atomic E-state index is 11.6. The Morgan fingerprint density at radius 2 is 2.11 bits per heavy atom. The SMILES string of the molecule is CC/C=C\CCC1OCCC1OC(=O)OC(C)(C)C. The molecule has 110 valence electrons. The fourth-order valence-corrected chi connectivity index (χ4v) is 1.98. The number of ether oxygens (including phenoxy) is 3. The minimum absolute atomic E-state index is 0.00553. The number of rotatable bonds is 5. The highest BCUT2D eigenvalue weighted by molar-refractivity contribution is 5.60. The van der Waals surface area contributed by atoms with Crippen LogP contribution in [0, 0.1) is 0 Å². The molecule has 19 heavy (non-hydrogen) atoms. The van der Waals surface area contributed by atoms with Gasteiger partial charge >= 0.3 is 6.16 Å². The molecule has 1 aliphatic rings. The standard InChI is InChI=1S/C15H26O4/c1-5-6-7-8-9-12-13(10-11-17-12)18-14(16)19-15(2,3)4/h6-7,12-13H,5,8-11H2,1-4H3/b7-6-. The van der Waals surface area contributed by atoms with Crippen LogP contribution in [0.4, 0.5) is 4.79 Å². The van der Waals surface area contributed by atoms with Crippen LogP contribution in [0.1, 0.15) is 53.4 Å². The molecule has 0 aromatic carbocycles. The lowest BCUT2D eigenvalue weighted by Gasteiger charge is -2.22.